The van der Waals surface area contributed by atoms with E-state index >= 15 is 0 Å². The minimum atomic E-state index is -3.98. The Labute approximate surface area is 176 Å². The van der Waals surface area contributed by atoms with Crippen LogP contribution in [0.5, 0.6) is 5.75 Å². The minimum Gasteiger partial charge on any atom is -0.494 e. The molecular formula is C21H26N2O6S. The maximum Gasteiger partial charge on any atom is 0.423 e. The first-order valence-electron chi connectivity index (χ1n) is 9.55. The summed E-state index contributed by atoms with van der Waals surface area (Å²) in [6, 6.07) is 13.1. The van der Waals surface area contributed by atoms with E-state index in [9.17, 15) is 18.0 Å². The number of nitrogens with zero attached hydrogens (tertiary/aromatic N) is 1. The molecular weight excluding hydrogens is 408 g/mol. The molecule has 9 heteroatoms. The Balaban J connectivity index is 1.94. The quantitative estimate of drug-likeness (QED) is 0.651. The summed E-state index contributed by atoms with van der Waals surface area (Å²) in [5.74, 6) is 0.418. The number of benzene rings is 2. The average Bonchev–Trinajstić information content (AvgIpc) is 2.74. The number of sulfonamides is 1. The van der Waals surface area contributed by atoms with E-state index in [0.29, 0.717) is 35.2 Å². The van der Waals surface area contributed by atoms with Gasteiger partial charge in [0.1, 0.15) is 5.75 Å². The van der Waals surface area contributed by atoms with E-state index in [1.807, 2.05) is 6.92 Å². The van der Waals surface area contributed by atoms with E-state index < -0.39 is 16.1 Å². The van der Waals surface area contributed by atoms with Gasteiger partial charge in [-0.25, -0.2) is 17.5 Å². The van der Waals surface area contributed by atoms with Gasteiger partial charge in [-0.05, 0) is 56.2 Å². The largest absolute Gasteiger partial charge is 0.494 e. The molecule has 0 radical (unpaired) electrons. The van der Waals surface area contributed by atoms with Gasteiger partial charge < -0.3 is 14.8 Å². The Bertz CT molecular complexity index is 973. The second kappa shape index (κ2) is 10.6. The molecule has 0 aliphatic heterocycles. The lowest BCUT2D eigenvalue weighted by Crippen LogP contribution is -2.33. The lowest BCUT2D eigenvalue weighted by molar-refractivity contribution is 0.0953. The first-order valence-corrected chi connectivity index (χ1v) is 11.0. The predicted octanol–water partition coefficient (Wildman–Crippen LogP) is 2.83. The third kappa shape index (κ3) is 5.96. The smallest absolute Gasteiger partial charge is 0.423 e. The van der Waals surface area contributed by atoms with Gasteiger partial charge in [0.25, 0.3) is 15.9 Å². The van der Waals surface area contributed by atoms with Gasteiger partial charge >= 0.3 is 6.09 Å². The first kappa shape index (κ1) is 23.2. The van der Waals surface area contributed by atoms with Gasteiger partial charge in [0, 0.05) is 19.2 Å². The van der Waals surface area contributed by atoms with Crippen molar-refractivity contribution in [1.29, 1.82) is 0 Å². The van der Waals surface area contributed by atoms with Crippen molar-refractivity contribution in [3.8, 4) is 5.75 Å². The number of rotatable bonds is 9. The average molecular weight is 435 g/mol. The molecule has 2 amide bonds. The minimum absolute atomic E-state index is 0.0152. The highest BCUT2D eigenvalue weighted by molar-refractivity contribution is 7.89. The summed E-state index contributed by atoms with van der Waals surface area (Å²) in [6.45, 7) is 4.46. The highest BCUT2D eigenvalue weighted by atomic mass is 32.2. The Morgan fingerprint density at radius 2 is 1.73 bits per heavy atom. The van der Waals surface area contributed by atoms with E-state index in [0.717, 1.165) is 12.6 Å². The van der Waals surface area contributed by atoms with Crippen LogP contribution < -0.4 is 10.1 Å². The molecule has 2 rings (SSSR count). The van der Waals surface area contributed by atoms with E-state index in [-0.39, 0.29) is 17.4 Å². The number of nitrogens with one attached hydrogen (secondary N) is 1. The molecule has 0 aliphatic carbocycles. The van der Waals surface area contributed by atoms with E-state index in [2.05, 4.69) is 5.32 Å². The molecule has 0 spiro atoms. The van der Waals surface area contributed by atoms with Crippen LogP contribution in [0, 0.1) is 0 Å². The summed E-state index contributed by atoms with van der Waals surface area (Å²) < 4.78 is 35.6. The maximum absolute atomic E-state index is 12.5. The number of carbonyl (C=O) groups excluding carboxylic acids is 2. The van der Waals surface area contributed by atoms with Gasteiger partial charge in [-0.15, -0.1) is 0 Å². The lowest BCUT2D eigenvalue weighted by Gasteiger charge is -2.17. The molecule has 0 heterocycles. The van der Waals surface area contributed by atoms with Crippen molar-refractivity contribution in [3.63, 3.8) is 0 Å². The zero-order valence-electron chi connectivity index (χ0n) is 17.3. The van der Waals surface area contributed by atoms with Gasteiger partial charge in [0.2, 0.25) is 0 Å². The molecule has 0 aromatic heterocycles. The number of hydrogen-bond acceptors (Lipinski definition) is 6. The SMILES string of the molecule is CCOC(=O)N(C)S(=O)(=O)c1ccc(CCNC(=O)c2cccc(OCC)c2)cc1. The fourth-order valence-corrected chi connectivity index (χ4v) is 3.66. The van der Waals surface area contributed by atoms with Crippen LogP contribution in [0.1, 0.15) is 29.8 Å². The fraction of sp³-hybridized carbons (Fsp3) is 0.333. The molecule has 162 valence electrons. The molecule has 8 nitrogen and oxygen atoms in total. The van der Waals surface area contributed by atoms with Gasteiger partial charge in [-0.1, -0.05) is 18.2 Å². The Kier molecular flexibility index (Phi) is 8.23. The summed E-state index contributed by atoms with van der Waals surface area (Å²) in [7, 11) is -2.83. The van der Waals surface area contributed by atoms with Gasteiger partial charge in [-0.3, -0.25) is 4.79 Å². The van der Waals surface area contributed by atoms with Gasteiger partial charge in [0.15, 0.2) is 0 Å². The first-order chi connectivity index (χ1) is 14.3. The number of hydrogen-bond donors (Lipinski definition) is 1. The Morgan fingerprint density at radius 1 is 1.03 bits per heavy atom. The van der Waals surface area contributed by atoms with E-state index in [1.54, 1.807) is 43.3 Å². The van der Waals surface area contributed by atoms with Gasteiger partial charge in [0.05, 0.1) is 18.1 Å². The normalized spacial score (nSPS) is 10.9. The van der Waals surface area contributed by atoms with Crippen LogP contribution >= 0.6 is 0 Å². The van der Waals surface area contributed by atoms with E-state index in [4.69, 9.17) is 9.47 Å². The standard InChI is InChI=1S/C21H26N2O6S/c1-4-28-18-8-6-7-17(15-18)20(24)22-14-13-16-9-11-19(12-10-16)30(26,27)23(3)21(25)29-5-2/h6-12,15H,4-5,13-14H2,1-3H3,(H,22,24). The third-order valence-corrected chi connectivity index (χ3v) is 5.95. The van der Waals surface area contributed by atoms with Gasteiger partial charge in [-0.2, -0.15) is 0 Å². The zero-order valence-corrected chi connectivity index (χ0v) is 18.1. The van der Waals surface area contributed by atoms with E-state index in [1.165, 1.54) is 12.1 Å². The molecule has 0 saturated heterocycles. The van der Waals surface area contributed by atoms with Crippen molar-refractivity contribution in [3.05, 3.63) is 59.7 Å². The van der Waals surface area contributed by atoms with Crippen LogP contribution in [0.3, 0.4) is 0 Å². The number of amides is 2. The topological polar surface area (TPSA) is 102 Å². The summed E-state index contributed by atoms with van der Waals surface area (Å²) in [6.07, 6.45) is -0.414. The molecule has 0 atom stereocenters. The Hall–Kier alpha value is -3.07. The van der Waals surface area contributed by atoms with Crippen molar-refractivity contribution in [1.82, 2.24) is 9.62 Å². The summed E-state index contributed by atoms with van der Waals surface area (Å²) in [4.78, 5) is 23.9. The third-order valence-electron chi connectivity index (χ3n) is 4.21. The number of ether oxygens (including phenoxy) is 2. The highest BCUT2D eigenvalue weighted by Gasteiger charge is 2.26. The summed E-state index contributed by atoms with van der Waals surface area (Å²) >= 11 is 0. The van der Waals surface area contributed by atoms with Crippen LogP contribution in [0.4, 0.5) is 4.79 Å². The molecule has 2 aromatic carbocycles. The van der Waals surface area contributed by atoms with Crippen molar-refractivity contribution in [2.24, 2.45) is 0 Å². The van der Waals surface area contributed by atoms with Crippen LogP contribution in [-0.4, -0.2) is 51.5 Å². The van der Waals surface area contributed by atoms with Crippen molar-refractivity contribution >= 4 is 22.0 Å². The Morgan fingerprint density at radius 3 is 2.37 bits per heavy atom. The molecule has 0 saturated carbocycles. The second-order valence-corrected chi connectivity index (χ2v) is 8.25. The van der Waals surface area contributed by atoms with Crippen LogP contribution in [0.2, 0.25) is 0 Å². The molecule has 0 fully saturated rings. The number of carbonyl (C=O) groups is 2. The molecule has 0 unspecified atom stereocenters. The van der Waals surface area contributed by atoms with Crippen LogP contribution in [0.15, 0.2) is 53.4 Å². The fourth-order valence-electron chi connectivity index (χ4n) is 2.61. The second-order valence-electron chi connectivity index (χ2n) is 6.28. The molecule has 30 heavy (non-hydrogen) atoms. The molecule has 1 N–H and O–H groups in total. The zero-order chi connectivity index (χ0) is 22.1. The maximum atomic E-state index is 12.5. The van der Waals surface area contributed by atoms with Crippen molar-refractivity contribution in [2.45, 2.75) is 25.2 Å². The molecule has 0 aliphatic rings. The lowest BCUT2D eigenvalue weighted by atomic mass is 10.1. The van der Waals surface area contributed by atoms with Crippen LogP contribution in [0.25, 0.3) is 0 Å². The van der Waals surface area contributed by atoms with Crippen molar-refractivity contribution in [2.75, 3.05) is 26.8 Å². The van der Waals surface area contributed by atoms with Crippen molar-refractivity contribution < 1.29 is 27.5 Å². The van der Waals surface area contributed by atoms with Crippen LogP contribution in [-0.2, 0) is 21.2 Å². The highest BCUT2D eigenvalue weighted by Crippen LogP contribution is 2.17. The molecule has 0 bridgehead atoms. The monoisotopic (exact) mass is 434 g/mol. The molecule has 2 aromatic rings. The summed E-state index contributed by atoms with van der Waals surface area (Å²) in [5, 5.41) is 2.83. The summed E-state index contributed by atoms with van der Waals surface area (Å²) in [5.41, 5.74) is 1.35. The predicted molar refractivity (Wildman–Crippen MR) is 112 cm³/mol.